The summed E-state index contributed by atoms with van der Waals surface area (Å²) in [6, 6.07) is 74.9. The fraction of sp³-hybridized carbons (Fsp3) is 0.0986. The lowest BCUT2D eigenvalue weighted by molar-refractivity contribution is 0.415. The summed E-state index contributed by atoms with van der Waals surface area (Å²) in [7, 11) is 0. The molecule has 15 rings (SSSR count). The van der Waals surface area contributed by atoms with Gasteiger partial charge in [0.1, 0.15) is 5.76 Å². The highest BCUT2D eigenvalue weighted by molar-refractivity contribution is 6.01. The first-order chi connectivity index (χ1) is 37.5. The zero-order chi connectivity index (χ0) is 50.3. The lowest BCUT2D eigenvalue weighted by Crippen LogP contribution is -2.31. The molecule has 0 spiro atoms. The molecule has 3 aliphatic carbocycles. The summed E-state index contributed by atoms with van der Waals surface area (Å²) >= 11 is 0. The molecule has 1 unspecified atom stereocenters. The average Bonchev–Trinajstić information content (AvgIpc) is 3.84. The van der Waals surface area contributed by atoms with E-state index in [4.69, 9.17) is 9.47 Å². The SMILES string of the molecule is CC1(c2ccc(C3=Cc4c(n(-c5ccc6ccccc6c5)c5ccc(-c6ccc(-c7ccc(N8c9ccccc9Oc9ccccc98)cc7)cc6)cc45)CC3)cc2)C=CC(N2C3=CCCC=C3Oc3ccccc32)=CC1. The van der Waals surface area contributed by atoms with Crippen LogP contribution in [0.3, 0.4) is 0 Å². The molecular weight excluding hydrogens is 927 g/mol. The smallest absolute Gasteiger partial charge is 0.151 e. The van der Waals surface area contributed by atoms with Crippen molar-refractivity contribution in [3.63, 3.8) is 0 Å². The molecule has 9 aromatic carbocycles. The third-order valence-corrected chi connectivity index (χ3v) is 16.3. The number of fused-ring (bicyclic) bond motifs is 8. The second kappa shape index (κ2) is 17.7. The van der Waals surface area contributed by atoms with Gasteiger partial charge in [0.15, 0.2) is 17.2 Å². The minimum atomic E-state index is -0.127. The second-order valence-corrected chi connectivity index (χ2v) is 20.9. The van der Waals surface area contributed by atoms with Crippen molar-refractivity contribution in [3.8, 4) is 45.2 Å². The maximum absolute atomic E-state index is 6.36. The first-order valence-corrected chi connectivity index (χ1v) is 26.7. The lowest BCUT2D eigenvalue weighted by Gasteiger charge is -2.39. The zero-order valence-corrected chi connectivity index (χ0v) is 42.3. The number of nitrogens with zero attached hydrogens (tertiary/aromatic N) is 3. The highest BCUT2D eigenvalue weighted by Gasteiger charge is 2.33. The van der Waals surface area contributed by atoms with E-state index in [0.29, 0.717) is 0 Å². The Morgan fingerprint density at radius 2 is 1.07 bits per heavy atom. The monoisotopic (exact) mass is 979 g/mol. The molecule has 0 fully saturated rings. The Labute approximate surface area is 443 Å². The molecule has 3 heterocycles. The molecule has 5 aliphatic rings. The van der Waals surface area contributed by atoms with E-state index in [2.05, 4.69) is 240 Å². The Hall–Kier alpha value is -9.32. The van der Waals surface area contributed by atoms with E-state index in [1.54, 1.807) is 0 Å². The molecule has 0 saturated carbocycles. The van der Waals surface area contributed by atoms with E-state index >= 15 is 0 Å². The van der Waals surface area contributed by atoms with Crippen LogP contribution < -0.4 is 19.3 Å². The Bertz CT molecular complexity index is 4100. The number of hydrogen-bond donors (Lipinski definition) is 0. The molecule has 364 valence electrons. The Kier molecular flexibility index (Phi) is 10.3. The minimum Gasteiger partial charge on any atom is -0.453 e. The van der Waals surface area contributed by atoms with Crippen molar-refractivity contribution in [2.75, 3.05) is 9.80 Å². The van der Waals surface area contributed by atoms with E-state index in [-0.39, 0.29) is 5.41 Å². The van der Waals surface area contributed by atoms with Crippen LogP contribution in [0.5, 0.6) is 17.2 Å². The number of allylic oxidation sites excluding steroid dienone is 6. The number of aromatic nitrogens is 1. The van der Waals surface area contributed by atoms with Crippen LogP contribution in [0.2, 0.25) is 0 Å². The van der Waals surface area contributed by atoms with Crippen molar-refractivity contribution in [1.82, 2.24) is 4.57 Å². The quantitative estimate of drug-likeness (QED) is 0.159. The van der Waals surface area contributed by atoms with E-state index in [1.807, 2.05) is 24.3 Å². The fourth-order valence-corrected chi connectivity index (χ4v) is 12.3. The maximum atomic E-state index is 6.36. The Morgan fingerprint density at radius 1 is 0.474 bits per heavy atom. The largest absolute Gasteiger partial charge is 0.453 e. The summed E-state index contributed by atoms with van der Waals surface area (Å²) in [5.74, 6) is 3.57. The number of anilines is 4. The average molecular weight is 980 g/mol. The van der Waals surface area contributed by atoms with Crippen LogP contribution in [0.25, 0.3) is 61.3 Å². The van der Waals surface area contributed by atoms with Crippen LogP contribution in [-0.4, -0.2) is 4.57 Å². The molecule has 5 nitrogen and oxygen atoms in total. The van der Waals surface area contributed by atoms with Crippen LogP contribution >= 0.6 is 0 Å². The van der Waals surface area contributed by atoms with Gasteiger partial charge in [-0.25, -0.2) is 0 Å². The van der Waals surface area contributed by atoms with Crippen LogP contribution in [0, 0.1) is 0 Å². The minimum absolute atomic E-state index is 0.127. The first-order valence-electron chi connectivity index (χ1n) is 26.7. The molecule has 0 radical (unpaired) electrons. The predicted octanol–water partition coefficient (Wildman–Crippen LogP) is 18.7. The molecule has 5 heteroatoms. The van der Waals surface area contributed by atoms with Crippen LogP contribution in [0.1, 0.15) is 55.0 Å². The first kappa shape index (κ1) is 44.2. The topological polar surface area (TPSA) is 29.9 Å². The highest BCUT2D eigenvalue weighted by Crippen LogP contribution is 2.51. The van der Waals surface area contributed by atoms with Gasteiger partial charge in [0, 0.05) is 39.1 Å². The van der Waals surface area contributed by atoms with Gasteiger partial charge < -0.3 is 23.8 Å². The predicted molar refractivity (Wildman–Crippen MR) is 313 cm³/mol. The van der Waals surface area contributed by atoms with Gasteiger partial charge in [-0.3, -0.25) is 0 Å². The maximum Gasteiger partial charge on any atom is 0.151 e. The molecule has 0 amide bonds. The van der Waals surface area contributed by atoms with E-state index in [0.717, 1.165) is 83.6 Å². The third-order valence-electron chi connectivity index (χ3n) is 16.3. The standard InChI is InChI=1S/C71H53N3O2/c1-71(42-40-57(41-43-71)73-65-16-6-10-20-69(65)76-70-21-11-7-17-66(70)73)55-33-26-51(27-34-55)54-32-39-62-60(46-54)59-45-53(31-38-61(59)74(62)58-37-30-47-12-2-3-13-52(47)44-58)50-24-22-48(23-25-50)49-28-35-56(36-29-49)72-63-14-4-8-18-67(63)75-68-19-9-5-15-64(68)72/h2-6,8-10,12-31,33-38,40-42,44-46H,7,11,32,39,43H2,1H3. The summed E-state index contributed by atoms with van der Waals surface area (Å²) in [5.41, 5.74) is 20.3. The van der Waals surface area contributed by atoms with Crippen molar-refractivity contribution in [2.24, 2.45) is 0 Å². The van der Waals surface area contributed by atoms with E-state index < -0.39 is 0 Å². The van der Waals surface area contributed by atoms with Crippen molar-refractivity contribution in [1.29, 1.82) is 0 Å². The van der Waals surface area contributed by atoms with Gasteiger partial charge in [-0.05, 0) is 173 Å². The molecule has 0 bridgehead atoms. The highest BCUT2D eigenvalue weighted by atomic mass is 16.5. The summed E-state index contributed by atoms with van der Waals surface area (Å²) in [4.78, 5) is 4.67. The lowest BCUT2D eigenvalue weighted by atomic mass is 9.76. The Balaban J connectivity index is 0.736. The van der Waals surface area contributed by atoms with Gasteiger partial charge in [-0.15, -0.1) is 0 Å². The van der Waals surface area contributed by atoms with E-state index in [9.17, 15) is 0 Å². The molecule has 0 saturated heterocycles. The molecule has 2 aliphatic heterocycles. The van der Waals surface area contributed by atoms with Gasteiger partial charge in [-0.2, -0.15) is 0 Å². The van der Waals surface area contributed by atoms with Gasteiger partial charge >= 0.3 is 0 Å². The molecule has 10 aromatic rings. The van der Waals surface area contributed by atoms with Gasteiger partial charge in [0.2, 0.25) is 0 Å². The van der Waals surface area contributed by atoms with E-state index in [1.165, 1.54) is 83.3 Å². The number of hydrogen-bond acceptors (Lipinski definition) is 4. The van der Waals surface area contributed by atoms with Crippen molar-refractivity contribution in [2.45, 2.75) is 44.4 Å². The molecular formula is C71H53N3O2. The normalized spacial score (nSPS) is 17.2. The van der Waals surface area contributed by atoms with Crippen molar-refractivity contribution in [3.05, 3.63) is 276 Å². The molecule has 1 atom stereocenters. The van der Waals surface area contributed by atoms with Crippen LogP contribution in [0.4, 0.5) is 22.7 Å². The molecule has 76 heavy (non-hydrogen) atoms. The molecule has 1 aromatic heterocycles. The summed E-state index contributed by atoms with van der Waals surface area (Å²) < 4.78 is 15.2. The summed E-state index contributed by atoms with van der Waals surface area (Å²) in [6.45, 7) is 2.37. The summed E-state index contributed by atoms with van der Waals surface area (Å²) in [6.07, 6.45) is 19.0. The fourth-order valence-electron chi connectivity index (χ4n) is 12.3. The van der Waals surface area contributed by atoms with Gasteiger partial charge in [-0.1, -0.05) is 159 Å². The third kappa shape index (κ3) is 7.37. The number of rotatable bonds is 7. The van der Waals surface area contributed by atoms with Crippen molar-refractivity contribution >= 4 is 56.1 Å². The summed E-state index contributed by atoms with van der Waals surface area (Å²) in [5, 5.41) is 3.78. The number of para-hydroxylation sites is 6. The van der Waals surface area contributed by atoms with Crippen LogP contribution in [0.15, 0.2) is 254 Å². The number of ether oxygens (including phenoxy) is 2. The van der Waals surface area contributed by atoms with Gasteiger partial charge in [0.05, 0.1) is 28.3 Å². The molecule has 0 N–H and O–H groups in total. The Morgan fingerprint density at radius 3 is 1.78 bits per heavy atom. The zero-order valence-electron chi connectivity index (χ0n) is 42.3. The number of benzene rings is 9. The van der Waals surface area contributed by atoms with Gasteiger partial charge in [0.25, 0.3) is 0 Å². The van der Waals surface area contributed by atoms with Crippen LogP contribution in [-0.2, 0) is 11.8 Å². The van der Waals surface area contributed by atoms with Crippen molar-refractivity contribution < 1.29 is 9.47 Å². The second-order valence-electron chi connectivity index (χ2n) is 20.9.